The molecule has 4 nitrogen and oxygen atoms in total. The van der Waals surface area contributed by atoms with Gasteiger partial charge in [0.05, 0.1) is 17.2 Å². The van der Waals surface area contributed by atoms with Crippen molar-refractivity contribution >= 4 is 11.0 Å². The SMILES string of the molecule is Cc1ccc2c(c1)nc(C)n2-c1ncc(C)o1. The molecule has 3 aromatic rings. The minimum absolute atomic E-state index is 0.575. The van der Waals surface area contributed by atoms with E-state index in [1.807, 2.05) is 24.5 Å². The van der Waals surface area contributed by atoms with Gasteiger partial charge in [0, 0.05) is 0 Å². The van der Waals surface area contributed by atoms with E-state index in [0.717, 1.165) is 22.6 Å². The standard InChI is InChI=1S/C13H13N3O/c1-8-4-5-12-11(6-8)15-10(3)16(12)13-14-7-9(2)17-13/h4-7H,1-3H3. The number of nitrogens with zero attached hydrogens (tertiary/aromatic N) is 3. The van der Waals surface area contributed by atoms with Crippen molar-refractivity contribution in [3.63, 3.8) is 0 Å². The molecule has 0 fully saturated rings. The molecule has 0 N–H and O–H groups in total. The normalized spacial score (nSPS) is 11.2. The van der Waals surface area contributed by atoms with Crippen LogP contribution in [0.2, 0.25) is 0 Å². The Hall–Kier alpha value is -2.10. The first-order chi connectivity index (χ1) is 8.15. The number of hydrogen-bond donors (Lipinski definition) is 0. The first kappa shape index (κ1) is 10.1. The molecule has 0 radical (unpaired) electrons. The molecule has 0 aliphatic heterocycles. The van der Waals surface area contributed by atoms with E-state index in [1.165, 1.54) is 5.56 Å². The fourth-order valence-corrected chi connectivity index (χ4v) is 2.00. The quantitative estimate of drug-likeness (QED) is 0.642. The molecule has 0 spiro atoms. The molecule has 0 aliphatic rings. The summed E-state index contributed by atoms with van der Waals surface area (Å²) in [6.45, 7) is 5.90. The molecule has 0 aliphatic carbocycles. The van der Waals surface area contributed by atoms with Crippen molar-refractivity contribution in [2.75, 3.05) is 0 Å². The second-order valence-corrected chi connectivity index (χ2v) is 4.24. The second-order valence-electron chi connectivity index (χ2n) is 4.24. The van der Waals surface area contributed by atoms with Gasteiger partial charge in [-0.1, -0.05) is 6.07 Å². The summed E-state index contributed by atoms with van der Waals surface area (Å²) in [7, 11) is 0. The Balaban J connectivity index is 2.32. The Bertz CT molecular complexity index is 694. The third-order valence-electron chi connectivity index (χ3n) is 2.78. The molecule has 0 amide bonds. The van der Waals surface area contributed by atoms with Crippen LogP contribution in [0.25, 0.3) is 17.0 Å². The third kappa shape index (κ3) is 1.53. The second kappa shape index (κ2) is 3.45. The number of rotatable bonds is 1. The van der Waals surface area contributed by atoms with Crippen LogP contribution in [0.3, 0.4) is 0 Å². The van der Waals surface area contributed by atoms with Crippen LogP contribution in [0.5, 0.6) is 0 Å². The number of aryl methyl sites for hydroxylation is 3. The molecule has 17 heavy (non-hydrogen) atoms. The van der Waals surface area contributed by atoms with Crippen LogP contribution >= 0.6 is 0 Å². The maximum atomic E-state index is 5.56. The van der Waals surface area contributed by atoms with Crippen LogP contribution in [0.4, 0.5) is 0 Å². The highest BCUT2D eigenvalue weighted by Crippen LogP contribution is 2.21. The van der Waals surface area contributed by atoms with E-state index in [-0.39, 0.29) is 0 Å². The molecule has 0 unspecified atom stereocenters. The number of fused-ring (bicyclic) bond motifs is 1. The monoisotopic (exact) mass is 227 g/mol. The Labute approximate surface area is 98.9 Å². The molecule has 86 valence electrons. The molecule has 0 bridgehead atoms. The highest BCUT2D eigenvalue weighted by molar-refractivity contribution is 5.78. The van der Waals surface area contributed by atoms with E-state index >= 15 is 0 Å². The predicted octanol–water partition coefficient (Wildman–Crippen LogP) is 2.94. The van der Waals surface area contributed by atoms with Crippen molar-refractivity contribution in [1.29, 1.82) is 0 Å². The van der Waals surface area contributed by atoms with Crippen molar-refractivity contribution in [2.24, 2.45) is 0 Å². The van der Waals surface area contributed by atoms with Crippen LogP contribution in [-0.4, -0.2) is 14.5 Å². The van der Waals surface area contributed by atoms with Gasteiger partial charge in [0.15, 0.2) is 0 Å². The van der Waals surface area contributed by atoms with Gasteiger partial charge in [0.1, 0.15) is 11.6 Å². The lowest BCUT2D eigenvalue weighted by Crippen LogP contribution is -1.96. The van der Waals surface area contributed by atoms with Crippen LogP contribution in [0, 0.1) is 20.8 Å². The fraction of sp³-hybridized carbons (Fsp3) is 0.231. The maximum absolute atomic E-state index is 5.56. The molecule has 2 heterocycles. The average Bonchev–Trinajstić information content (AvgIpc) is 2.80. The number of aromatic nitrogens is 3. The Morgan fingerprint density at radius 3 is 2.71 bits per heavy atom. The van der Waals surface area contributed by atoms with Crippen molar-refractivity contribution in [1.82, 2.24) is 14.5 Å². The largest absolute Gasteiger partial charge is 0.428 e. The summed E-state index contributed by atoms with van der Waals surface area (Å²) in [5.74, 6) is 1.68. The minimum Gasteiger partial charge on any atom is -0.428 e. The molecule has 3 rings (SSSR count). The van der Waals surface area contributed by atoms with Gasteiger partial charge < -0.3 is 4.42 Å². The predicted molar refractivity (Wildman–Crippen MR) is 65.3 cm³/mol. The molecule has 0 atom stereocenters. The van der Waals surface area contributed by atoms with Crippen LogP contribution in [0.15, 0.2) is 28.8 Å². The van der Waals surface area contributed by atoms with Crippen molar-refractivity contribution < 1.29 is 4.42 Å². The summed E-state index contributed by atoms with van der Waals surface area (Å²) < 4.78 is 7.49. The van der Waals surface area contributed by atoms with Crippen LogP contribution in [-0.2, 0) is 0 Å². The summed E-state index contributed by atoms with van der Waals surface area (Å²) in [6.07, 6.45) is 1.72. The average molecular weight is 227 g/mol. The summed E-state index contributed by atoms with van der Waals surface area (Å²) in [6, 6.07) is 6.75. The highest BCUT2D eigenvalue weighted by Gasteiger charge is 2.12. The Morgan fingerprint density at radius 1 is 1.18 bits per heavy atom. The smallest absolute Gasteiger partial charge is 0.307 e. The van der Waals surface area contributed by atoms with Crippen molar-refractivity contribution in [2.45, 2.75) is 20.8 Å². The lowest BCUT2D eigenvalue weighted by molar-refractivity contribution is 0.501. The number of benzene rings is 1. The summed E-state index contributed by atoms with van der Waals surface area (Å²) in [4.78, 5) is 8.77. The number of oxazole rings is 1. The lowest BCUT2D eigenvalue weighted by Gasteiger charge is -2.00. The Kier molecular flexibility index (Phi) is 2.04. The van der Waals surface area contributed by atoms with Gasteiger partial charge in [-0.05, 0) is 38.5 Å². The molecule has 1 aromatic carbocycles. The van der Waals surface area contributed by atoms with Gasteiger partial charge in [-0.3, -0.25) is 0 Å². The van der Waals surface area contributed by atoms with Gasteiger partial charge in [-0.2, -0.15) is 0 Å². The molecule has 2 aromatic heterocycles. The van der Waals surface area contributed by atoms with E-state index in [4.69, 9.17) is 4.42 Å². The molecular formula is C13H13N3O. The molecular weight excluding hydrogens is 214 g/mol. The first-order valence-electron chi connectivity index (χ1n) is 5.53. The van der Waals surface area contributed by atoms with Crippen LogP contribution < -0.4 is 0 Å². The van der Waals surface area contributed by atoms with Crippen molar-refractivity contribution in [3.8, 4) is 6.01 Å². The van der Waals surface area contributed by atoms with E-state index in [2.05, 4.69) is 29.0 Å². The topological polar surface area (TPSA) is 43.9 Å². The molecule has 4 heteroatoms. The maximum Gasteiger partial charge on any atom is 0.307 e. The van der Waals surface area contributed by atoms with E-state index in [1.54, 1.807) is 6.20 Å². The van der Waals surface area contributed by atoms with Gasteiger partial charge in [-0.15, -0.1) is 0 Å². The van der Waals surface area contributed by atoms with Gasteiger partial charge in [0.2, 0.25) is 0 Å². The zero-order valence-electron chi connectivity index (χ0n) is 10.1. The molecule has 0 saturated carbocycles. The van der Waals surface area contributed by atoms with E-state index < -0.39 is 0 Å². The van der Waals surface area contributed by atoms with E-state index in [9.17, 15) is 0 Å². The van der Waals surface area contributed by atoms with Gasteiger partial charge >= 0.3 is 6.01 Å². The van der Waals surface area contributed by atoms with Gasteiger partial charge in [-0.25, -0.2) is 14.5 Å². The summed E-state index contributed by atoms with van der Waals surface area (Å²) >= 11 is 0. The fourth-order valence-electron chi connectivity index (χ4n) is 2.00. The summed E-state index contributed by atoms with van der Waals surface area (Å²) in [5.41, 5.74) is 3.19. The highest BCUT2D eigenvalue weighted by atomic mass is 16.4. The zero-order valence-corrected chi connectivity index (χ0v) is 10.1. The minimum atomic E-state index is 0.575. The molecule has 0 saturated heterocycles. The van der Waals surface area contributed by atoms with Gasteiger partial charge in [0.25, 0.3) is 0 Å². The van der Waals surface area contributed by atoms with Crippen LogP contribution in [0.1, 0.15) is 17.1 Å². The first-order valence-corrected chi connectivity index (χ1v) is 5.53. The zero-order chi connectivity index (χ0) is 12.0. The number of hydrogen-bond acceptors (Lipinski definition) is 3. The lowest BCUT2D eigenvalue weighted by atomic mass is 10.2. The Morgan fingerprint density at radius 2 is 2.00 bits per heavy atom. The third-order valence-corrected chi connectivity index (χ3v) is 2.78. The van der Waals surface area contributed by atoms with E-state index in [0.29, 0.717) is 6.01 Å². The van der Waals surface area contributed by atoms with Crippen molar-refractivity contribution in [3.05, 3.63) is 41.5 Å². The summed E-state index contributed by atoms with van der Waals surface area (Å²) in [5, 5.41) is 0. The number of imidazole rings is 1.